The van der Waals surface area contributed by atoms with Crippen LogP contribution in [0, 0.1) is 5.92 Å². The van der Waals surface area contributed by atoms with Gasteiger partial charge in [0.05, 0.1) is 12.4 Å². The monoisotopic (exact) mass is 571 g/mol. The summed E-state index contributed by atoms with van der Waals surface area (Å²) in [6.45, 7) is 3.74. The number of H-pyrrole nitrogens is 1. The van der Waals surface area contributed by atoms with E-state index in [-0.39, 0.29) is 37.7 Å². The molecule has 0 bridgehead atoms. The highest BCUT2D eigenvalue weighted by atomic mass is 16.4. The number of carbonyl (C=O) groups is 4. The third kappa shape index (κ3) is 11.3. The number of imidazole rings is 1. The van der Waals surface area contributed by atoms with Crippen LogP contribution in [0.3, 0.4) is 0 Å². The number of rotatable bonds is 17. The van der Waals surface area contributed by atoms with E-state index in [1.165, 1.54) is 12.5 Å². The summed E-state index contributed by atoms with van der Waals surface area (Å²) in [7, 11) is 0. The summed E-state index contributed by atoms with van der Waals surface area (Å²) in [4.78, 5) is 62.2. The fourth-order valence-corrected chi connectivity index (χ4v) is 4.05. The normalized spacial score (nSPS) is 14.5. The number of carboxylic acid groups (broad SMARTS) is 1. The number of aromatic amines is 1. The molecule has 0 aliphatic rings. The van der Waals surface area contributed by atoms with E-state index < -0.39 is 47.9 Å². The summed E-state index contributed by atoms with van der Waals surface area (Å²) >= 11 is 0. The minimum Gasteiger partial charge on any atom is -0.480 e. The van der Waals surface area contributed by atoms with Crippen LogP contribution in [0.25, 0.3) is 0 Å². The minimum absolute atomic E-state index is 0.00655. The molecular weight excluding hydrogens is 530 g/mol. The molecule has 1 aromatic carbocycles. The molecule has 0 radical (unpaired) electrons. The van der Waals surface area contributed by atoms with Gasteiger partial charge in [-0.3, -0.25) is 19.4 Å². The van der Waals surface area contributed by atoms with Crippen LogP contribution in [0.2, 0.25) is 0 Å². The zero-order chi connectivity index (χ0) is 30.4. The number of amides is 3. The highest BCUT2D eigenvalue weighted by molar-refractivity contribution is 5.94. The number of nitrogens with two attached hydrogens (primary N) is 3. The molecule has 0 spiro atoms. The second kappa shape index (κ2) is 16.6. The van der Waals surface area contributed by atoms with Crippen LogP contribution in [0.4, 0.5) is 0 Å². The van der Waals surface area contributed by atoms with E-state index in [1.54, 1.807) is 6.92 Å². The summed E-state index contributed by atoms with van der Waals surface area (Å²) in [5.74, 6) is -3.53. The van der Waals surface area contributed by atoms with Crippen LogP contribution in [-0.4, -0.2) is 75.4 Å². The lowest BCUT2D eigenvalue weighted by molar-refractivity contribution is -0.143. The number of hydrogen-bond donors (Lipinski definition) is 8. The van der Waals surface area contributed by atoms with Crippen LogP contribution in [-0.2, 0) is 32.0 Å². The highest BCUT2D eigenvalue weighted by Crippen LogP contribution is 2.10. The van der Waals surface area contributed by atoms with Crippen molar-refractivity contribution in [2.24, 2.45) is 28.1 Å². The average Bonchev–Trinajstić information content (AvgIpc) is 3.45. The van der Waals surface area contributed by atoms with Gasteiger partial charge in [0, 0.05) is 24.9 Å². The van der Waals surface area contributed by atoms with Gasteiger partial charge in [-0.1, -0.05) is 50.6 Å². The molecule has 14 heteroatoms. The fourth-order valence-electron chi connectivity index (χ4n) is 4.05. The predicted molar refractivity (Wildman–Crippen MR) is 153 cm³/mol. The quantitative estimate of drug-likeness (QED) is 0.0669. The van der Waals surface area contributed by atoms with Gasteiger partial charge >= 0.3 is 5.97 Å². The molecule has 0 saturated heterocycles. The molecule has 0 aliphatic carbocycles. The van der Waals surface area contributed by atoms with Gasteiger partial charge in [0.2, 0.25) is 17.7 Å². The molecule has 0 saturated carbocycles. The van der Waals surface area contributed by atoms with Gasteiger partial charge in [-0.25, -0.2) is 9.78 Å². The second-order valence-electron chi connectivity index (χ2n) is 9.86. The Morgan fingerprint density at radius 2 is 1.66 bits per heavy atom. The summed E-state index contributed by atoms with van der Waals surface area (Å²) in [5, 5.41) is 17.5. The molecule has 2 aromatic rings. The SMILES string of the molecule is CCC(C)C(NC(=O)C(Cc1cnc[nH]1)NC(=O)C(CCCN=C(N)N)NC(=O)C(N)Cc1ccccc1)C(=O)O. The third-order valence-electron chi connectivity index (χ3n) is 6.60. The molecule has 0 fully saturated rings. The van der Waals surface area contributed by atoms with Gasteiger partial charge in [0.1, 0.15) is 18.1 Å². The first-order valence-electron chi connectivity index (χ1n) is 13.5. The number of aliphatic imine (C=N–C) groups is 1. The maximum Gasteiger partial charge on any atom is 0.326 e. The van der Waals surface area contributed by atoms with E-state index >= 15 is 0 Å². The van der Waals surface area contributed by atoms with Gasteiger partial charge in [0.15, 0.2) is 5.96 Å². The van der Waals surface area contributed by atoms with Crippen molar-refractivity contribution in [1.29, 1.82) is 0 Å². The first kappa shape index (κ1) is 32.8. The van der Waals surface area contributed by atoms with Crippen LogP contribution in [0.5, 0.6) is 0 Å². The lowest BCUT2D eigenvalue weighted by Crippen LogP contribution is -2.58. The number of carbonyl (C=O) groups excluding carboxylic acids is 3. The van der Waals surface area contributed by atoms with E-state index in [0.29, 0.717) is 18.5 Å². The highest BCUT2D eigenvalue weighted by Gasteiger charge is 2.32. The molecule has 5 atom stereocenters. The molecule has 3 amide bonds. The van der Waals surface area contributed by atoms with E-state index in [2.05, 4.69) is 30.9 Å². The average molecular weight is 572 g/mol. The standard InChI is InChI=1S/C27H41N9O5/c1-3-16(2)22(26(40)41)36-25(39)21(13-18-14-31-15-33-18)35-24(38)20(10-7-11-32-27(29)30)34-23(37)19(28)12-17-8-5-4-6-9-17/h4-6,8-9,14-16,19-22H,3,7,10-13,28H2,1-2H3,(H,31,33)(H,34,37)(H,35,38)(H,36,39)(H,40,41)(H4,29,30,32). The Balaban J connectivity index is 2.21. The van der Waals surface area contributed by atoms with Crippen LogP contribution < -0.4 is 33.2 Å². The molecule has 224 valence electrons. The Morgan fingerprint density at radius 3 is 2.24 bits per heavy atom. The smallest absolute Gasteiger partial charge is 0.326 e. The zero-order valence-corrected chi connectivity index (χ0v) is 23.4. The number of nitrogens with zero attached hydrogens (tertiary/aromatic N) is 2. The number of aliphatic carboxylic acids is 1. The maximum atomic E-state index is 13.5. The molecule has 0 aliphatic heterocycles. The van der Waals surface area contributed by atoms with Crippen molar-refractivity contribution in [2.45, 2.75) is 70.1 Å². The number of benzene rings is 1. The van der Waals surface area contributed by atoms with Gasteiger partial charge < -0.3 is 43.2 Å². The Hall–Kier alpha value is -4.46. The van der Waals surface area contributed by atoms with Gasteiger partial charge in [-0.15, -0.1) is 0 Å². The molecular formula is C27H41N9O5. The third-order valence-corrected chi connectivity index (χ3v) is 6.60. The van der Waals surface area contributed by atoms with Crippen LogP contribution in [0.15, 0.2) is 47.8 Å². The summed E-state index contributed by atoms with van der Waals surface area (Å²) in [6.07, 6.45) is 4.19. The summed E-state index contributed by atoms with van der Waals surface area (Å²) in [6, 6.07) is 4.89. The van der Waals surface area contributed by atoms with E-state index in [1.807, 2.05) is 37.3 Å². The van der Waals surface area contributed by atoms with Crippen molar-refractivity contribution >= 4 is 29.7 Å². The molecule has 2 rings (SSSR count). The van der Waals surface area contributed by atoms with Crippen LogP contribution >= 0.6 is 0 Å². The number of guanidine groups is 1. The van der Waals surface area contributed by atoms with Gasteiger partial charge in [-0.2, -0.15) is 0 Å². The summed E-state index contributed by atoms with van der Waals surface area (Å²) in [5.41, 5.74) is 18.3. The summed E-state index contributed by atoms with van der Waals surface area (Å²) < 4.78 is 0. The Morgan fingerprint density at radius 1 is 1.00 bits per heavy atom. The number of nitrogens with one attached hydrogen (secondary N) is 4. The maximum absolute atomic E-state index is 13.5. The van der Waals surface area contributed by atoms with Gasteiger partial charge in [-0.05, 0) is 30.7 Å². The number of hydrogen-bond acceptors (Lipinski definition) is 7. The van der Waals surface area contributed by atoms with Gasteiger partial charge in [0.25, 0.3) is 0 Å². The Bertz CT molecular complexity index is 1150. The van der Waals surface area contributed by atoms with E-state index in [0.717, 1.165) is 5.56 Å². The molecule has 5 unspecified atom stereocenters. The van der Waals surface area contributed by atoms with Crippen molar-refractivity contribution in [2.75, 3.05) is 6.54 Å². The Labute approximate surface area is 238 Å². The zero-order valence-electron chi connectivity index (χ0n) is 23.4. The number of carboxylic acids is 1. The molecule has 1 heterocycles. The number of aromatic nitrogens is 2. The lowest BCUT2D eigenvalue weighted by Gasteiger charge is -2.26. The first-order valence-corrected chi connectivity index (χ1v) is 13.5. The molecule has 1 aromatic heterocycles. The molecule has 11 N–H and O–H groups in total. The van der Waals surface area contributed by atoms with E-state index in [9.17, 15) is 24.3 Å². The topological polar surface area (TPSA) is 244 Å². The van der Waals surface area contributed by atoms with Crippen LogP contribution in [0.1, 0.15) is 44.4 Å². The van der Waals surface area contributed by atoms with Crippen molar-refractivity contribution in [1.82, 2.24) is 25.9 Å². The fraction of sp³-hybridized carbons (Fsp3) is 0.481. The largest absolute Gasteiger partial charge is 0.480 e. The lowest BCUT2D eigenvalue weighted by atomic mass is 9.98. The second-order valence-corrected chi connectivity index (χ2v) is 9.86. The van der Waals surface area contributed by atoms with Crippen molar-refractivity contribution in [3.05, 3.63) is 54.1 Å². The Kier molecular flexibility index (Phi) is 13.3. The van der Waals surface area contributed by atoms with E-state index in [4.69, 9.17) is 17.2 Å². The minimum atomic E-state index is -1.18. The predicted octanol–water partition coefficient (Wildman–Crippen LogP) is -0.839. The van der Waals surface area contributed by atoms with Crippen molar-refractivity contribution in [3.8, 4) is 0 Å². The first-order chi connectivity index (χ1) is 19.5. The molecule has 14 nitrogen and oxygen atoms in total. The van der Waals surface area contributed by atoms with Crippen molar-refractivity contribution in [3.63, 3.8) is 0 Å². The van der Waals surface area contributed by atoms with Crippen molar-refractivity contribution < 1.29 is 24.3 Å². The molecule has 41 heavy (non-hydrogen) atoms.